The van der Waals surface area contributed by atoms with E-state index in [0.717, 1.165) is 25.1 Å². The summed E-state index contributed by atoms with van der Waals surface area (Å²) in [5.74, 6) is 0. The number of hydrogen-bond acceptors (Lipinski definition) is 1. The van der Waals surface area contributed by atoms with Crippen LogP contribution in [0.25, 0.3) is 0 Å². The minimum Gasteiger partial charge on any atom is -0.385 e. The van der Waals surface area contributed by atoms with E-state index >= 15 is 0 Å². The molecule has 0 bridgehead atoms. The highest BCUT2D eigenvalue weighted by Crippen LogP contribution is 2.20. The number of halogens is 2. The second kappa shape index (κ2) is 6.67. The quantitative estimate of drug-likeness (QED) is 0.772. The summed E-state index contributed by atoms with van der Waals surface area (Å²) in [7, 11) is 0. The van der Waals surface area contributed by atoms with E-state index in [-0.39, 0.29) is 0 Å². The Morgan fingerprint density at radius 2 is 1.67 bits per heavy atom. The van der Waals surface area contributed by atoms with E-state index in [4.69, 9.17) is 23.2 Å². The molecule has 1 nitrogen and oxygen atoms in total. The van der Waals surface area contributed by atoms with E-state index in [1.807, 2.05) is 36.4 Å². The Hall–Kier alpha value is -1.18. The van der Waals surface area contributed by atoms with Gasteiger partial charge in [0.05, 0.1) is 0 Å². The molecule has 0 heterocycles. The smallest absolute Gasteiger partial charge is 0.0423 e. The molecule has 18 heavy (non-hydrogen) atoms. The molecule has 2 aromatic carbocycles. The second-order valence-corrected chi connectivity index (χ2v) is 4.97. The lowest BCUT2D eigenvalue weighted by Gasteiger charge is -2.06. The molecule has 0 fully saturated rings. The van der Waals surface area contributed by atoms with Gasteiger partial charge in [-0.3, -0.25) is 0 Å². The van der Waals surface area contributed by atoms with Crippen LogP contribution in [0, 0.1) is 6.07 Å². The van der Waals surface area contributed by atoms with Gasteiger partial charge in [0.1, 0.15) is 0 Å². The van der Waals surface area contributed by atoms with Gasteiger partial charge >= 0.3 is 0 Å². The summed E-state index contributed by atoms with van der Waals surface area (Å²) < 4.78 is 0. The third-order valence-corrected chi connectivity index (χ3v) is 3.05. The topological polar surface area (TPSA) is 12.0 Å². The Kier molecular flexibility index (Phi) is 4.91. The van der Waals surface area contributed by atoms with Crippen LogP contribution in [0.1, 0.15) is 12.0 Å². The van der Waals surface area contributed by atoms with E-state index in [2.05, 4.69) is 11.4 Å². The van der Waals surface area contributed by atoms with E-state index in [1.165, 1.54) is 5.56 Å². The zero-order chi connectivity index (χ0) is 12.8. The molecule has 0 amide bonds. The Balaban J connectivity index is 1.78. The van der Waals surface area contributed by atoms with Gasteiger partial charge in [-0.25, -0.2) is 0 Å². The standard InChI is InChI=1S/C15H14Cl2N/c16-13-9-12(10-14(17)11-13)5-4-8-18-15-6-2-1-3-7-15/h2-3,6-7,9-11,18H,4-5,8H2. The summed E-state index contributed by atoms with van der Waals surface area (Å²) in [4.78, 5) is 0. The highest BCUT2D eigenvalue weighted by Gasteiger charge is 1.98. The van der Waals surface area contributed by atoms with Gasteiger partial charge in [0.2, 0.25) is 0 Å². The van der Waals surface area contributed by atoms with Crippen LogP contribution in [0.2, 0.25) is 10.0 Å². The largest absolute Gasteiger partial charge is 0.385 e. The van der Waals surface area contributed by atoms with Crippen LogP contribution in [-0.2, 0) is 6.42 Å². The molecule has 0 aliphatic carbocycles. The van der Waals surface area contributed by atoms with Gasteiger partial charge in [-0.05, 0) is 54.8 Å². The van der Waals surface area contributed by atoms with Crippen LogP contribution in [0.4, 0.5) is 5.69 Å². The molecule has 2 rings (SSSR count). The number of benzene rings is 2. The third kappa shape index (κ3) is 4.25. The Morgan fingerprint density at radius 1 is 1.00 bits per heavy atom. The summed E-state index contributed by atoms with van der Waals surface area (Å²) >= 11 is 11.9. The second-order valence-electron chi connectivity index (χ2n) is 4.10. The van der Waals surface area contributed by atoms with Crippen LogP contribution in [0.15, 0.2) is 42.5 Å². The van der Waals surface area contributed by atoms with E-state index < -0.39 is 0 Å². The summed E-state index contributed by atoms with van der Waals surface area (Å²) in [6.45, 7) is 0.925. The highest BCUT2D eigenvalue weighted by atomic mass is 35.5. The van der Waals surface area contributed by atoms with Crippen molar-refractivity contribution in [3.8, 4) is 0 Å². The van der Waals surface area contributed by atoms with Gasteiger partial charge in [0.25, 0.3) is 0 Å². The van der Waals surface area contributed by atoms with Crippen LogP contribution >= 0.6 is 23.2 Å². The van der Waals surface area contributed by atoms with Crippen LogP contribution in [0.5, 0.6) is 0 Å². The number of aryl methyl sites for hydroxylation is 1. The van der Waals surface area contributed by atoms with Gasteiger partial charge < -0.3 is 5.32 Å². The van der Waals surface area contributed by atoms with E-state index in [0.29, 0.717) is 10.0 Å². The lowest BCUT2D eigenvalue weighted by molar-refractivity contribution is 0.863. The Labute approximate surface area is 118 Å². The maximum absolute atomic E-state index is 5.96. The predicted octanol–water partition coefficient (Wildman–Crippen LogP) is 4.84. The first kappa shape index (κ1) is 13.3. The van der Waals surface area contributed by atoms with Crippen molar-refractivity contribution in [2.24, 2.45) is 0 Å². The van der Waals surface area contributed by atoms with Crippen LogP contribution in [0.3, 0.4) is 0 Å². The molecule has 3 heteroatoms. The van der Waals surface area contributed by atoms with E-state index in [9.17, 15) is 0 Å². The van der Waals surface area contributed by atoms with Gasteiger partial charge in [0, 0.05) is 22.3 Å². The summed E-state index contributed by atoms with van der Waals surface area (Å²) in [6, 6.07) is 16.5. The van der Waals surface area contributed by atoms with Crippen molar-refractivity contribution in [3.63, 3.8) is 0 Å². The van der Waals surface area contributed by atoms with Gasteiger partial charge in [-0.2, -0.15) is 0 Å². The average molecular weight is 279 g/mol. The molecule has 2 aromatic rings. The number of rotatable bonds is 5. The molecule has 0 aromatic heterocycles. The first-order valence-corrected chi connectivity index (χ1v) is 6.64. The van der Waals surface area contributed by atoms with Crippen molar-refractivity contribution >= 4 is 28.9 Å². The lowest BCUT2D eigenvalue weighted by atomic mass is 10.1. The SMILES string of the molecule is Clc1cc(Cl)cc(CCCNc2cc[c]cc2)c1. The van der Waals surface area contributed by atoms with Crippen molar-refractivity contribution in [2.75, 3.05) is 11.9 Å². The summed E-state index contributed by atoms with van der Waals surface area (Å²) in [6.07, 6.45) is 2.00. The Bertz CT molecular complexity index is 477. The molecule has 0 atom stereocenters. The maximum Gasteiger partial charge on any atom is 0.0423 e. The minimum atomic E-state index is 0.698. The van der Waals surface area contributed by atoms with Gasteiger partial charge in [-0.1, -0.05) is 35.3 Å². The zero-order valence-electron chi connectivity index (χ0n) is 9.92. The zero-order valence-corrected chi connectivity index (χ0v) is 11.4. The molecule has 0 aliphatic rings. The average Bonchev–Trinajstić information content (AvgIpc) is 2.35. The van der Waals surface area contributed by atoms with E-state index in [1.54, 1.807) is 6.07 Å². The van der Waals surface area contributed by atoms with Crippen molar-refractivity contribution in [2.45, 2.75) is 12.8 Å². The predicted molar refractivity (Wildman–Crippen MR) is 78.6 cm³/mol. The van der Waals surface area contributed by atoms with Crippen LogP contribution < -0.4 is 5.32 Å². The molecule has 1 N–H and O–H groups in total. The number of nitrogens with one attached hydrogen (secondary N) is 1. The lowest BCUT2D eigenvalue weighted by Crippen LogP contribution is -2.02. The summed E-state index contributed by atoms with van der Waals surface area (Å²) in [5.41, 5.74) is 2.30. The van der Waals surface area contributed by atoms with Crippen molar-refractivity contribution in [1.29, 1.82) is 0 Å². The molecule has 0 saturated carbocycles. The molecule has 0 saturated heterocycles. The van der Waals surface area contributed by atoms with Gasteiger partial charge in [-0.15, -0.1) is 0 Å². The molecule has 0 aliphatic heterocycles. The molecular formula is C15H14Cl2N. The van der Waals surface area contributed by atoms with Crippen molar-refractivity contribution < 1.29 is 0 Å². The Morgan fingerprint density at radius 3 is 2.33 bits per heavy atom. The highest BCUT2D eigenvalue weighted by molar-refractivity contribution is 6.34. The number of hydrogen-bond donors (Lipinski definition) is 1. The van der Waals surface area contributed by atoms with Crippen molar-refractivity contribution in [1.82, 2.24) is 0 Å². The molecular weight excluding hydrogens is 265 g/mol. The minimum absolute atomic E-state index is 0.698. The van der Waals surface area contributed by atoms with Crippen molar-refractivity contribution in [3.05, 3.63) is 64.1 Å². The maximum atomic E-state index is 5.96. The third-order valence-electron chi connectivity index (χ3n) is 2.61. The normalized spacial score (nSPS) is 10.3. The molecule has 0 spiro atoms. The fraction of sp³-hybridized carbons (Fsp3) is 0.200. The van der Waals surface area contributed by atoms with Crippen LogP contribution in [-0.4, -0.2) is 6.54 Å². The molecule has 0 unspecified atom stereocenters. The molecule has 93 valence electrons. The fourth-order valence-electron chi connectivity index (χ4n) is 1.79. The molecule has 1 radical (unpaired) electrons. The van der Waals surface area contributed by atoms with Gasteiger partial charge in [0.15, 0.2) is 0 Å². The summed E-state index contributed by atoms with van der Waals surface area (Å²) in [5, 5.41) is 4.75. The monoisotopic (exact) mass is 278 g/mol. The number of anilines is 1. The first-order valence-electron chi connectivity index (χ1n) is 5.89. The fourth-order valence-corrected chi connectivity index (χ4v) is 2.36. The first-order chi connectivity index (χ1) is 8.74.